The monoisotopic (exact) mass is 296 g/mol. The van der Waals surface area contributed by atoms with Gasteiger partial charge in [-0.3, -0.25) is 0 Å². The second kappa shape index (κ2) is 5.46. The van der Waals surface area contributed by atoms with Crippen LogP contribution in [0.5, 0.6) is 0 Å². The number of nitrogens with one attached hydrogen (secondary N) is 1. The first-order valence-corrected chi connectivity index (χ1v) is 7.48. The topological polar surface area (TPSA) is 20.6 Å². The zero-order valence-electron chi connectivity index (χ0n) is 11.2. The lowest BCUT2D eigenvalue weighted by Gasteiger charge is -2.29. The molecule has 0 spiro atoms. The Labute approximate surface area is 120 Å². The molecular weight excluding hydrogens is 280 g/mol. The number of rotatable bonds is 2. The van der Waals surface area contributed by atoms with Crippen molar-refractivity contribution in [3.05, 3.63) is 35.2 Å². The van der Waals surface area contributed by atoms with Gasteiger partial charge in [0.2, 0.25) is 0 Å². The fourth-order valence-electron chi connectivity index (χ4n) is 2.31. The van der Waals surface area contributed by atoms with E-state index in [1.54, 1.807) is 5.38 Å². The average Bonchev–Trinajstić information content (AvgIpc) is 2.92. The van der Waals surface area contributed by atoms with E-state index in [-0.39, 0.29) is 5.56 Å². The summed E-state index contributed by atoms with van der Waals surface area (Å²) in [4.78, 5) is 8.17. The van der Waals surface area contributed by atoms with Crippen LogP contribution in [-0.2, 0) is 0 Å². The molecule has 1 aliphatic heterocycles. The van der Waals surface area contributed by atoms with Crippen molar-refractivity contribution in [1.29, 1.82) is 0 Å². The second-order valence-corrected chi connectivity index (χ2v) is 5.92. The van der Waals surface area contributed by atoms with Gasteiger partial charge in [0.1, 0.15) is 11.6 Å². The van der Waals surface area contributed by atoms with Gasteiger partial charge in [-0.2, -0.15) is 0 Å². The number of nitrogens with zero attached hydrogens (tertiary/aromatic N) is 2. The fourth-order valence-corrected chi connectivity index (χ4v) is 3.19. The molecule has 6 heteroatoms. The first-order valence-electron chi connectivity index (χ1n) is 6.60. The fraction of sp³-hybridized carbons (Fsp3) is 0.357. The Bertz CT molecular complexity index is 606. The van der Waals surface area contributed by atoms with Gasteiger partial charge >= 0.3 is 0 Å². The molecule has 3 rings (SSSR count). The molecule has 1 fully saturated rings. The van der Waals surface area contributed by atoms with Gasteiger partial charge in [-0.05, 0) is 18.2 Å². The number of piperazine rings is 1. The van der Waals surface area contributed by atoms with E-state index in [0.717, 1.165) is 43.4 Å². The van der Waals surface area contributed by atoms with Gasteiger partial charge in [0, 0.05) is 10.9 Å². The SMILES string of the molecule is C[NH+]1CCN(c2nc(-c3cc(F)ccc3F)cs2)CC1. The normalized spacial score (nSPS) is 16.6. The van der Waals surface area contributed by atoms with E-state index in [1.807, 2.05) is 0 Å². The summed E-state index contributed by atoms with van der Waals surface area (Å²) in [6.45, 7) is 4.04. The first-order chi connectivity index (χ1) is 9.63. The third-order valence-corrected chi connectivity index (χ3v) is 4.49. The van der Waals surface area contributed by atoms with Crippen LogP contribution in [0.15, 0.2) is 23.6 Å². The van der Waals surface area contributed by atoms with Crippen molar-refractivity contribution < 1.29 is 13.7 Å². The molecule has 0 atom stereocenters. The molecule has 1 saturated heterocycles. The number of halogens is 2. The summed E-state index contributed by atoms with van der Waals surface area (Å²) in [6.07, 6.45) is 0. The van der Waals surface area contributed by atoms with Gasteiger partial charge in [-0.25, -0.2) is 13.8 Å². The van der Waals surface area contributed by atoms with Crippen LogP contribution >= 0.6 is 11.3 Å². The minimum absolute atomic E-state index is 0.229. The van der Waals surface area contributed by atoms with Crippen molar-refractivity contribution in [2.45, 2.75) is 0 Å². The molecule has 1 aromatic heterocycles. The van der Waals surface area contributed by atoms with Crippen LogP contribution in [0.2, 0.25) is 0 Å². The number of hydrogen-bond acceptors (Lipinski definition) is 3. The van der Waals surface area contributed by atoms with E-state index in [1.165, 1.54) is 22.3 Å². The molecule has 1 N–H and O–H groups in total. The summed E-state index contributed by atoms with van der Waals surface area (Å²) in [5.41, 5.74) is 0.737. The Hall–Kier alpha value is -1.53. The minimum atomic E-state index is -0.445. The molecule has 1 aliphatic rings. The van der Waals surface area contributed by atoms with E-state index in [0.29, 0.717) is 5.69 Å². The zero-order valence-corrected chi connectivity index (χ0v) is 12.0. The quantitative estimate of drug-likeness (QED) is 0.905. The van der Waals surface area contributed by atoms with E-state index in [9.17, 15) is 8.78 Å². The van der Waals surface area contributed by atoms with Gasteiger partial charge < -0.3 is 9.80 Å². The molecule has 0 aliphatic carbocycles. The Kier molecular flexibility index (Phi) is 3.67. The van der Waals surface area contributed by atoms with Gasteiger partial charge in [-0.1, -0.05) is 0 Å². The number of anilines is 1. The minimum Gasteiger partial charge on any atom is -0.337 e. The largest absolute Gasteiger partial charge is 0.337 e. The van der Waals surface area contributed by atoms with E-state index >= 15 is 0 Å². The molecule has 0 amide bonds. The number of benzene rings is 1. The number of thiazole rings is 1. The molecule has 3 nitrogen and oxygen atoms in total. The highest BCUT2D eigenvalue weighted by molar-refractivity contribution is 7.14. The molecule has 20 heavy (non-hydrogen) atoms. The highest BCUT2D eigenvalue weighted by Crippen LogP contribution is 2.29. The van der Waals surface area contributed by atoms with Crippen molar-refractivity contribution in [3.8, 4) is 11.3 Å². The van der Waals surface area contributed by atoms with Gasteiger partial charge in [0.25, 0.3) is 0 Å². The highest BCUT2D eigenvalue weighted by Gasteiger charge is 2.20. The van der Waals surface area contributed by atoms with Crippen LogP contribution in [0, 0.1) is 11.6 Å². The molecule has 0 radical (unpaired) electrons. The summed E-state index contributed by atoms with van der Waals surface area (Å²) in [6, 6.07) is 3.46. The van der Waals surface area contributed by atoms with Gasteiger partial charge in [0.15, 0.2) is 5.13 Å². The summed E-state index contributed by atoms with van der Waals surface area (Å²) in [5, 5.41) is 2.68. The molecule has 2 heterocycles. The summed E-state index contributed by atoms with van der Waals surface area (Å²) in [7, 11) is 2.17. The Morgan fingerprint density at radius 1 is 1.25 bits per heavy atom. The molecule has 0 saturated carbocycles. The average molecular weight is 296 g/mol. The molecule has 0 unspecified atom stereocenters. The smallest absolute Gasteiger partial charge is 0.186 e. The van der Waals surface area contributed by atoms with Crippen LogP contribution < -0.4 is 9.80 Å². The van der Waals surface area contributed by atoms with Crippen molar-refractivity contribution in [2.24, 2.45) is 0 Å². The number of hydrogen-bond donors (Lipinski definition) is 1. The van der Waals surface area contributed by atoms with Crippen molar-refractivity contribution in [2.75, 3.05) is 38.1 Å². The number of quaternary nitrogens is 1. The van der Waals surface area contributed by atoms with Crippen molar-refractivity contribution in [1.82, 2.24) is 4.98 Å². The third kappa shape index (κ3) is 2.66. The molecular formula is C14H16F2N3S+. The van der Waals surface area contributed by atoms with E-state index in [4.69, 9.17) is 0 Å². The lowest BCUT2D eigenvalue weighted by atomic mass is 10.1. The van der Waals surface area contributed by atoms with Crippen LogP contribution in [-0.4, -0.2) is 38.2 Å². The summed E-state index contributed by atoms with van der Waals surface area (Å²) >= 11 is 1.48. The summed E-state index contributed by atoms with van der Waals surface area (Å²) in [5.74, 6) is -0.884. The predicted octanol–water partition coefficient (Wildman–Crippen LogP) is 1.42. The highest BCUT2D eigenvalue weighted by atomic mass is 32.1. The molecule has 2 aromatic rings. The Morgan fingerprint density at radius 2 is 2.00 bits per heavy atom. The molecule has 106 valence electrons. The molecule has 0 bridgehead atoms. The summed E-state index contributed by atoms with van der Waals surface area (Å²) < 4.78 is 27.0. The Morgan fingerprint density at radius 3 is 2.75 bits per heavy atom. The Balaban J connectivity index is 1.85. The maximum Gasteiger partial charge on any atom is 0.186 e. The molecule has 1 aromatic carbocycles. The van der Waals surface area contributed by atoms with Crippen molar-refractivity contribution in [3.63, 3.8) is 0 Å². The predicted molar refractivity (Wildman–Crippen MR) is 76.3 cm³/mol. The third-order valence-electron chi connectivity index (χ3n) is 3.58. The van der Waals surface area contributed by atoms with Gasteiger partial charge in [-0.15, -0.1) is 11.3 Å². The maximum absolute atomic E-state index is 13.7. The van der Waals surface area contributed by atoms with Crippen LogP contribution in [0.3, 0.4) is 0 Å². The zero-order chi connectivity index (χ0) is 14.1. The van der Waals surface area contributed by atoms with Crippen LogP contribution in [0.1, 0.15) is 0 Å². The van der Waals surface area contributed by atoms with Gasteiger partial charge in [0.05, 0.1) is 38.9 Å². The lowest BCUT2D eigenvalue weighted by molar-refractivity contribution is -0.880. The standard InChI is InChI=1S/C14H15F2N3S/c1-18-4-6-19(7-5-18)14-17-13(9-20-14)11-8-10(15)2-3-12(11)16/h2-3,8-9H,4-7H2,1H3/p+1. The van der Waals surface area contributed by atoms with E-state index < -0.39 is 11.6 Å². The number of likely N-dealkylation sites (N-methyl/N-ethyl adjacent to an activating group) is 1. The van der Waals surface area contributed by atoms with Crippen LogP contribution in [0.4, 0.5) is 13.9 Å². The number of aromatic nitrogens is 1. The second-order valence-electron chi connectivity index (χ2n) is 5.08. The van der Waals surface area contributed by atoms with Crippen molar-refractivity contribution >= 4 is 16.5 Å². The van der Waals surface area contributed by atoms with Crippen LogP contribution in [0.25, 0.3) is 11.3 Å². The maximum atomic E-state index is 13.7. The first kappa shape index (κ1) is 13.5. The lowest BCUT2D eigenvalue weighted by Crippen LogP contribution is -3.12. The van der Waals surface area contributed by atoms with E-state index in [2.05, 4.69) is 16.9 Å².